The number of carbonyl (C=O) groups is 2. The summed E-state index contributed by atoms with van der Waals surface area (Å²) >= 11 is 1.58. The van der Waals surface area contributed by atoms with Crippen molar-refractivity contribution in [2.45, 2.75) is 27.7 Å². The fourth-order valence-electron chi connectivity index (χ4n) is 2.75. The summed E-state index contributed by atoms with van der Waals surface area (Å²) in [5.41, 5.74) is 2.89. The Morgan fingerprint density at radius 1 is 1.07 bits per heavy atom. The molecule has 0 saturated carbocycles. The lowest BCUT2D eigenvalue weighted by atomic mass is 10.2. The molecule has 27 heavy (non-hydrogen) atoms. The topological polar surface area (TPSA) is 88.1 Å². The number of hydrogen-bond acceptors (Lipinski definition) is 7. The van der Waals surface area contributed by atoms with Crippen LogP contribution >= 0.6 is 11.3 Å². The molecule has 0 unspecified atom stereocenters. The number of carbonyl (C=O) groups excluding carboxylic acids is 2. The van der Waals surface area contributed by atoms with Crippen LogP contribution < -0.4 is 10.2 Å². The maximum absolute atomic E-state index is 11.7. The van der Waals surface area contributed by atoms with Gasteiger partial charge in [0.15, 0.2) is 0 Å². The minimum Gasteiger partial charge on any atom is -0.324 e. The molecule has 1 aromatic carbocycles. The number of rotatable bonds is 4. The maximum atomic E-state index is 11.7. The highest BCUT2D eigenvalue weighted by atomic mass is 32.1. The van der Waals surface area contributed by atoms with Crippen molar-refractivity contribution in [2.24, 2.45) is 0 Å². The van der Waals surface area contributed by atoms with Crippen molar-refractivity contribution in [3.8, 4) is 10.6 Å². The maximum Gasteiger partial charge on any atom is 0.230 e. The van der Waals surface area contributed by atoms with Crippen LogP contribution in [0.5, 0.6) is 0 Å². The Morgan fingerprint density at radius 3 is 2.44 bits per heavy atom. The molecule has 2 heterocycles. The Kier molecular flexibility index (Phi) is 5.27. The third-order valence-corrected chi connectivity index (χ3v) is 4.88. The van der Waals surface area contributed by atoms with Gasteiger partial charge in [0.1, 0.15) is 0 Å². The highest BCUT2D eigenvalue weighted by Crippen LogP contribution is 2.29. The Morgan fingerprint density at radius 2 is 1.81 bits per heavy atom. The normalized spacial score (nSPS) is 10.5. The first-order valence-electron chi connectivity index (χ1n) is 8.31. The quantitative estimate of drug-likeness (QED) is 0.738. The van der Waals surface area contributed by atoms with Crippen LogP contribution in [0, 0.1) is 13.8 Å². The second-order valence-corrected chi connectivity index (χ2v) is 7.16. The largest absolute Gasteiger partial charge is 0.324 e. The predicted octanol–water partition coefficient (Wildman–Crippen LogP) is 3.86. The van der Waals surface area contributed by atoms with E-state index >= 15 is 0 Å². The summed E-state index contributed by atoms with van der Waals surface area (Å²) in [5, 5.41) is 4.11. The highest BCUT2D eigenvalue weighted by molar-refractivity contribution is 7.15. The number of benzene rings is 1. The van der Waals surface area contributed by atoms with E-state index in [1.54, 1.807) is 35.7 Å². The van der Waals surface area contributed by atoms with Crippen molar-refractivity contribution in [2.75, 3.05) is 10.2 Å². The van der Waals surface area contributed by atoms with Gasteiger partial charge < -0.3 is 5.32 Å². The van der Waals surface area contributed by atoms with Crippen LogP contribution in [-0.2, 0) is 9.59 Å². The van der Waals surface area contributed by atoms with Gasteiger partial charge in [0, 0.05) is 25.7 Å². The molecule has 0 fully saturated rings. The van der Waals surface area contributed by atoms with Crippen LogP contribution in [0.25, 0.3) is 10.6 Å². The highest BCUT2D eigenvalue weighted by Gasteiger charge is 2.16. The zero-order chi connectivity index (χ0) is 19.6. The molecule has 7 nitrogen and oxygen atoms in total. The Hall–Kier alpha value is -3.13. The molecular formula is C19H19N5O2S. The number of nitrogens with one attached hydrogen (secondary N) is 1. The standard InChI is InChI=1S/C19H19N5O2S/c1-11-18(27-12(2)21-11)17-8-9-20-19(23-17)22-15-6-5-7-16(10-15)24(13(3)25)14(4)26/h5-10H,1-4H3,(H,20,22,23). The number of amides is 2. The number of aromatic nitrogens is 3. The fourth-order valence-corrected chi connectivity index (χ4v) is 3.64. The molecule has 0 spiro atoms. The van der Waals surface area contributed by atoms with E-state index in [-0.39, 0.29) is 11.8 Å². The van der Waals surface area contributed by atoms with Crippen molar-refractivity contribution < 1.29 is 9.59 Å². The van der Waals surface area contributed by atoms with E-state index in [9.17, 15) is 9.59 Å². The molecule has 0 radical (unpaired) electrons. The molecule has 0 bridgehead atoms. The number of thiazole rings is 1. The van der Waals surface area contributed by atoms with E-state index in [0.717, 1.165) is 26.2 Å². The molecule has 3 rings (SSSR count). The summed E-state index contributed by atoms with van der Waals surface area (Å²) < 4.78 is 0. The van der Waals surface area contributed by atoms with Gasteiger partial charge >= 0.3 is 0 Å². The first-order valence-corrected chi connectivity index (χ1v) is 9.12. The molecule has 0 aliphatic heterocycles. The Balaban J connectivity index is 1.89. The van der Waals surface area contributed by atoms with Crippen LogP contribution in [0.3, 0.4) is 0 Å². The number of nitrogens with zero attached hydrogens (tertiary/aromatic N) is 4. The average Bonchev–Trinajstić information content (AvgIpc) is 2.93. The van der Waals surface area contributed by atoms with Crippen molar-refractivity contribution >= 4 is 40.5 Å². The van der Waals surface area contributed by atoms with Crippen LogP contribution in [0.4, 0.5) is 17.3 Å². The summed E-state index contributed by atoms with van der Waals surface area (Å²) in [4.78, 5) is 38.9. The van der Waals surface area contributed by atoms with Crippen LogP contribution in [0.1, 0.15) is 24.5 Å². The second kappa shape index (κ2) is 7.63. The summed E-state index contributed by atoms with van der Waals surface area (Å²) in [6.07, 6.45) is 1.68. The summed E-state index contributed by atoms with van der Waals surface area (Å²) in [6.45, 7) is 6.62. The van der Waals surface area contributed by atoms with Crippen LogP contribution in [-0.4, -0.2) is 26.8 Å². The SMILES string of the molecule is CC(=O)N(C(C)=O)c1cccc(Nc2nccc(-c3sc(C)nc3C)n2)c1. The molecule has 3 aromatic rings. The van der Waals surface area contributed by atoms with E-state index in [1.165, 1.54) is 13.8 Å². The molecule has 0 aliphatic rings. The van der Waals surface area contributed by atoms with Gasteiger partial charge in [-0.2, -0.15) is 0 Å². The average molecular weight is 381 g/mol. The van der Waals surface area contributed by atoms with Crippen molar-refractivity contribution in [3.63, 3.8) is 0 Å². The van der Waals surface area contributed by atoms with Gasteiger partial charge in [-0.1, -0.05) is 6.07 Å². The van der Waals surface area contributed by atoms with Gasteiger partial charge in [0.05, 0.1) is 27.0 Å². The van der Waals surface area contributed by atoms with Gasteiger partial charge in [-0.15, -0.1) is 11.3 Å². The first kappa shape index (κ1) is 18.7. The first-order chi connectivity index (χ1) is 12.8. The minimum atomic E-state index is -0.339. The molecule has 2 amide bonds. The van der Waals surface area contributed by atoms with Crippen molar-refractivity contribution in [3.05, 3.63) is 47.2 Å². The van der Waals surface area contributed by atoms with Crippen LogP contribution in [0.15, 0.2) is 36.5 Å². The van der Waals surface area contributed by atoms with Gasteiger partial charge in [0.2, 0.25) is 17.8 Å². The lowest BCUT2D eigenvalue weighted by Crippen LogP contribution is -2.32. The number of anilines is 3. The van der Waals surface area contributed by atoms with Crippen LogP contribution in [0.2, 0.25) is 0 Å². The molecule has 2 aromatic heterocycles. The monoisotopic (exact) mass is 381 g/mol. The van der Waals surface area contributed by atoms with E-state index < -0.39 is 0 Å². The van der Waals surface area contributed by atoms with E-state index in [1.807, 2.05) is 26.0 Å². The van der Waals surface area contributed by atoms with Gasteiger partial charge in [0.25, 0.3) is 0 Å². The third-order valence-electron chi connectivity index (χ3n) is 3.78. The smallest absolute Gasteiger partial charge is 0.230 e. The zero-order valence-corrected chi connectivity index (χ0v) is 16.3. The molecule has 1 N–H and O–H groups in total. The molecular weight excluding hydrogens is 362 g/mol. The molecule has 8 heteroatoms. The number of imide groups is 1. The lowest BCUT2D eigenvalue weighted by molar-refractivity contribution is -0.124. The number of hydrogen-bond donors (Lipinski definition) is 1. The Bertz CT molecular complexity index is 1000. The van der Waals surface area contributed by atoms with E-state index in [2.05, 4.69) is 20.3 Å². The predicted molar refractivity (Wildman–Crippen MR) is 106 cm³/mol. The zero-order valence-electron chi connectivity index (χ0n) is 15.5. The lowest BCUT2D eigenvalue weighted by Gasteiger charge is -2.18. The summed E-state index contributed by atoms with van der Waals surface area (Å²) in [7, 11) is 0. The minimum absolute atomic E-state index is 0.339. The van der Waals surface area contributed by atoms with Gasteiger partial charge in [-0.05, 0) is 38.1 Å². The summed E-state index contributed by atoms with van der Waals surface area (Å²) in [5.74, 6) is -0.254. The molecule has 0 saturated heterocycles. The Labute approximate surface area is 161 Å². The fraction of sp³-hybridized carbons (Fsp3) is 0.211. The molecule has 0 atom stereocenters. The molecule has 0 aliphatic carbocycles. The van der Waals surface area contributed by atoms with E-state index in [4.69, 9.17) is 0 Å². The van der Waals surface area contributed by atoms with Gasteiger partial charge in [-0.25, -0.2) is 15.0 Å². The second-order valence-electron chi connectivity index (χ2n) is 5.96. The van der Waals surface area contributed by atoms with Crippen molar-refractivity contribution in [1.29, 1.82) is 0 Å². The number of aryl methyl sites for hydroxylation is 2. The summed E-state index contributed by atoms with van der Waals surface area (Å²) in [6, 6.07) is 8.83. The van der Waals surface area contributed by atoms with E-state index in [0.29, 0.717) is 17.3 Å². The van der Waals surface area contributed by atoms with Crippen molar-refractivity contribution in [1.82, 2.24) is 15.0 Å². The third kappa shape index (κ3) is 4.17. The van der Waals surface area contributed by atoms with Gasteiger partial charge in [-0.3, -0.25) is 14.5 Å². The molecule has 138 valence electrons.